The van der Waals surface area contributed by atoms with E-state index in [0.717, 1.165) is 31.5 Å². The molecular formula is C24H30Cl2N2. The molecule has 28 heavy (non-hydrogen) atoms. The molecule has 150 valence electrons. The molecule has 0 fully saturated rings. The zero-order chi connectivity index (χ0) is 20.7. The van der Waals surface area contributed by atoms with Gasteiger partial charge in [0.2, 0.25) is 0 Å². The van der Waals surface area contributed by atoms with Crippen LogP contribution in [0.3, 0.4) is 0 Å². The van der Waals surface area contributed by atoms with E-state index >= 15 is 0 Å². The fourth-order valence-electron chi connectivity index (χ4n) is 3.92. The summed E-state index contributed by atoms with van der Waals surface area (Å²) in [7, 11) is 0. The molecular weight excluding hydrogens is 387 g/mol. The van der Waals surface area contributed by atoms with Gasteiger partial charge in [0.05, 0.1) is 21.5 Å². The van der Waals surface area contributed by atoms with E-state index < -0.39 is 5.41 Å². The number of halogens is 2. The van der Waals surface area contributed by atoms with Gasteiger partial charge < -0.3 is 0 Å². The van der Waals surface area contributed by atoms with Gasteiger partial charge in [0, 0.05) is 6.04 Å². The van der Waals surface area contributed by atoms with Crippen molar-refractivity contribution in [3.8, 4) is 6.07 Å². The van der Waals surface area contributed by atoms with Gasteiger partial charge in [0.25, 0.3) is 0 Å². The Bertz CT molecular complexity index is 798. The predicted octanol–water partition coefficient (Wildman–Crippen LogP) is 7.27. The Hall–Kier alpha value is -1.53. The average Bonchev–Trinajstić information content (AvgIpc) is 2.70. The summed E-state index contributed by atoms with van der Waals surface area (Å²) in [5, 5.41) is 11.2. The van der Waals surface area contributed by atoms with Crippen LogP contribution >= 0.6 is 23.2 Å². The second kappa shape index (κ2) is 10.3. The standard InChI is InChI=1S/C24H30Cl2N2/c1-5-28(19(4)20-10-7-6-8-11-20)15-9-14-24(17-27,18(2)3)21-12-13-22(25)23(26)16-21/h6-8,10-13,16,18-19H,5,9,14-15H2,1-4H3. The van der Waals surface area contributed by atoms with Crippen molar-refractivity contribution in [3.63, 3.8) is 0 Å². The van der Waals surface area contributed by atoms with Crippen LogP contribution in [0.5, 0.6) is 0 Å². The Morgan fingerprint density at radius 2 is 1.71 bits per heavy atom. The molecule has 2 unspecified atom stereocenters. The third-order valence-electron chi connectivity index (χ3n) is 5.87. The molecule has 0 aromatic heterocycles. The van der Waals surface area contributed by atoms with Gasteiger partial charge in [0.15, 0.2) is 0 Å². The molecule has 2 nitrogen and oxygen atoms in total. The first kappa shape index (κ1) is 22.8. The van der Waals surface area contributed by atoms with Crippen molar-refractivity contribution >= 4 is 23.2 Å². The van der Waals surface area contributed by atoms with Crippen molar-refractivity contribution in [2.75, 3.05) is 13.1 Å². The maximum atomic E-state index is 10.1. The summed E-state index contributed by atoms with van der Waals surface area (Å²) in [6, 6.07) is 19.1. The van der Waals surface area contributed by atoms with E-state index in [1.165, 1.54) is 5.56 Å². The topological polar surface area (TPSA) is 27.0 Å². The first-order valence-corrected chi connectivity index (χ1v) is 10.8. The Balaban J connectivity index is 2.15. The van der Waals surface area contributed by atoms with Crippen molar-refractivity contribution in [2.45, 2.75) is 52.0 Å². The molecule has 0 saturated heterocycles. The van der Waals surface area contributed by atoms with Gasteiger partial charge in [-0.2, -0.15) is 5.26 Å². The highest BCUT2D eigenvalue weighted by molar-refractivity contribution is 6.42. The van der Waals surface area contributed by atoms with Crippen LogP contribution in [0, 0.1) is 17.2 Å². The lowest BCUT2D eigenvalue weighted by atomic mass is 9.70. The maximum absolute atomic E-state index is 10.1. The van der Waals surface area contributed by atoms with Crippen molar-refractivity contribution in [2.24, 2.45) is 5.92 Å². The highest BCUT2D eigenvalue weighted by Crippen LogP contribution is 2.39. The van der Waals surface area contributed by atoms with Crippen molar-refractivity contribution in [1.29, 1.82) is 5.26 Å². The van der Waals surface area contributed by atoms with Gasteiger partial charge in [0.1, 0.15) is 0 Å². The highest BCUT2D eigenvalue weighted by atomic mass is 35.5. The van der Waals surface area contributed by atoms with Gasteiger partial charge in [-0.3, -0.25) is 4.90 Å². The van der Waals surface area contributed by atoms with Crippen LogP contribution in [0.25, 0.3) is 0 Å². The Labute approximate surface area is 180 Å². The van der Waals surface area contributed by atoms with Crippen LogP contribution in [-0.2, 0) is 5.41 Å². The molecule has 0 bridgehead atoms. The Morgan fingerprint density at radius 1 is 1.04 bits per heavy atom. The molecule has 0 amide bonds. The minimum atomic E-state index is -0.566. The molecule has 0 N–H and O–H groups in total. The first-order valence-electron chi connectivity index (χ1n) is 10.0. The molecule has 2 aromatic rings. The quantitative estimate of drug-likeness (QED) is 0.429. The molecule has 2 rings (SSSR count). The fraction of sp³-hybridized carbons (Fsp3) is 0.458. The average molecular weight is 417 g/mol. The molecule has 0 aliphatic rings. The lowest BCUT2D eigenvalue weighted by molar-refractivity contribution is 0.208. The van der Waals surface area contributed by atoms with E-state index in [0.29, 0.717) is 16.1 Å². The maximum Gasteiger partial charge on any atom is 0.0846 e. The largest absolute Gasteiger partial charge is 0.297 e. The molecule has 0 saturated carbocycles. The number of benzene rings is 2. The molecule has 0 aliphatic carbocycles. The Morgan fingerprint density at radius 3 is 2.25 bits per heavy atom. The van der Waals surface area contributed by atoms with Crippen LogP contribution < -0.4 is 0 Å². The molecule has 0 heterocycles. The molecule has 2 aromatic carbocycles. The van der Waals surface area contributed by atoms with Gasteiger partial charge in [-0.05, 0) is 62.0 Å². The highest BCUT2D eigenvalue weighted by Gasteiger charge is 2.36. The summed E-state index contributed by atoms with van der Waals surface area (Å²) >= 11 is 12.3. The number of nitriles is 1. The summed E-state index contributed by atoms with van der Waals surface area (Å²) in [5.74, 6) is 0.177. The van der Waals surface area contributed by atoms with E-state index in [4.69, 9.17) is 23.2 Å². The third kappa shape index (κ3) is 5.09. The summed E-state index contributed by atoms with van der Waals surface area (Å²) in [4.78, 5) is 2.46. The van der Waals surface area contributed by atoms with Crippen LogP contribution in [0.15, 0.2) is 48.5 Å². The van der Waals surface area contributed by atoms with Gasteiger partial charge in [-0.15, -0.1) is 0 Å². The predicted molar refractivity (Wildman–Crippen MR) is 120 cm³/mol. The van der Waals surface area contributed by atoms with Crippen LogP contribution in [0.4, 0.5) is 0 Å². The minimum Gasteiger partial charge on any atom is -0.297 e. The first-order chi connectivity index (χ1) is 13.4. The van der Waals surface area contributed by atoms with Crippen molar-refractivity contribution in [3.05, 3.63) is 69.7 Å². The lowest BCUT2D eigenvalue weighted by Gasteiger charge is -2.34. The molecule has 2 atom stereocenters. The zero-order valence-electron chi connectivity index (χ0n) is 17.3. The Kier molecular flexibility index (Phi) is 8.38. The van der Waals surface area contributed by atoms with Gasteiger partial charge >= 0.3 is 0 Å². The summed E-state index contributed by atoms with van der Waals surface area (Å²) < 4.78 is 0. The number of rotatable bonds is 9. The van der Waals surface area contributed by atoms with Crippen LogP contribution in [0.1, 0.15) is 57.7 Å². The fourth-order valence-corrected chi connectivity index (χ4v) is 4.22. The number of hydrogen-bond acceptors (Lipinski definition) is 2. The summed E-state index contributed by atoms with van der Waals surface area (Å²) in [6.45, 7) is 10.6. The van der Waals surface area contributed by atoms with Crippen molar-refractivity contribution in [1.82, 2.24) is 4.90 Å². The zero-order valence-corrected chi connectivity index (χ0v) is 18.8. The van der Waals surface area contributed by atoms with Crippen molar-refractivity contribution < 1.29 is 0 Å². The second-order valence-electron chi connectivity index (χ2n) is 7.69. The van der Waals surface area contributed by atoms with E-state index in [9.17, 15) is 5.26 Å². The summed E-state index contributed by atoms with van der Waals surface area (Å²) in [6.07, 6.45) is 1.73. The second-order valence-corrected chi connectivity index (χ2v) is 8.50. The summed E-state index contributed by atoms with van der Waals surface area (Å²) in [5.41, 5.74) is 1.71. The third-order valence-corrected chi connectivity index (χ3v) is 6.61. The lowest BCUT2D eigenvalue weighted by Crippen LogP contribution is -2.33. The molecule has 0 radical (unpaired) electrons. The van der Waals surface area contributed by atoms with Gasteiger partial charge in [-0.1, -0.05) is 80.4 Å². The number of nitrogens with zero attached hydrogens (tertiary/aromatic N) is 2. The smallest absolute Gasteiger partial charge is 0.0846 e. The van der Waals surface area contributed by atoms with E-state index in [-0.39, 0.29) is 5.92 Å². The molecule has 0 spiro atoms. The van der Waals surface area contributed by atoms with Crippen LogP contribution in [0.2, 0.25) is 10.0 Å². The minimum absolute atomic E-state index is 0.177. The normalized spacial score (nSPS) is 14.7. The van der Waals surface area contributed by atoms with Gasteiger partial charge in [-0.25, -0.2) is 0 Å². The molecule has 4 heteroatoms. The monoisotopic (exact) mass is 416 g/mol. The van der Waals surface area contributed by atoms with Crippen LogP contribution in [-0.4, -0.2) is 18.0 Å². The van der Waals surface area contributed by atoms with E-state index in [1.807, 2.05) is 18.2 Å². The van der Waals surface area contributed by atoms with E-state index in [2.05, 4.69) is 62.9 Å². The molecule has 0 aliphatic heterocycles. The van der Waals surface area contributed by atoms with E-state index in [1.54, 1.807) is 6.07 Å². The number of hydrogen-bond donors (Lipinski definition) is 0. The SMILES string of the molecule is CCN(CCCC(C#N)(c1ccc(Cl)c(Cl)c1)C(C)C)C(C)c1ccccc1.